The summed E-state index contributed by atoms with van der Waals surface area (Å²) in [5.41, 5.74) is 1.13. The number of allylic oxidation sites excluding steroid dienone is 2. The Morgan fingerprint density at radius 2 is 1.18 bits per heavy atom. The molecule has 0 radical (unpaired) electrons. The molecule has 0 amide bonds. The normalized spacial score (nSPS) is 25.8. The molecule has 2 aromatic heterocycles. The van der Waals surface area contributed by atoms with E-state index >= 15 is 0 Å². The van der Waals surface area contributed by atoms with Crippen LogP contribution in [0.25, 0.3) is 0 Å². The number of nitrogens with zero attached hydrogens (tertiary/aromatic N) is 2. The number of hydrogen-bond acceptors (Lipinski definition) is 8. The quantitative estimate of drug-likeness (QED) is 0.574. The molecule has 0 spiro atoms. The Bertz CT molecular complexity index is 897. The van der Waals surface area contributed by atoms with Crippen molar-refractivity contribution in [3.63, 3.8) is 0 Å². The van der Waals surface area contributed by atoms with Crippen molar-refractivity contribution in [2.45, 2.75) is 78.4 Å². The Morgan fingerprint density at radius 3 is 1.53 bits per heavy atom. The van der Waals surface area contributed by atoms with Crippen molar-refractivity contribution in [3.05, 3.63) is 60.0 Å². The van der Waals surface area contributed by atoms with Gasteiger partial charge in [-0.15, -0.1) is 0 Å². The summed E-state index contributed by atoms with van der Waals surface area (Å²) in [6.07, 6.45) is 12.8. The van der Waals surface area contributed by atoms with Gasteiger partial charge in [0.15, 0.2) is 12.8 Å². The van der Waals surface area contributed by atoms with E-state index in [0.717, 1.165) is 12.8 Å². The zero-order valence-electron chi connectivity index (χ0n) is 20.4. The Hall–Kier alpha value is -3.16. The zero-order valence-corrected chi connectivity index (χ0v) is 20.4. The molecule has 34 heavy (non-hydrogen) atoms. The van der Waals surface area contributed by atoms with Crippen LogP contribution in [0.5, 0.6) is 0 Å². The second-order valence-corrected chi connectivity index (χ2v) is 9.11. The highest BCUT2D eigenvalue weighted by molar-refractivity contribution is 5.88. The molecule has 4 atom stereocenters. The van der Waals surface area contributed by atoms with Crippen LogP contribution >= 0.6 is 0 Å². The van der Waals surface area contributed by atoms with Gasteiger partial charge in [0.25, 0.3) is 0 Å². The summed E-state index contributed by atoms with van der Waals surface area (Å²) >= 11 is 0. The fourth-order valence-electron chi connectivity index (χ4n) is 3.93. The first kappa shape index (κ1) is 25.5. The first-order chi connectivity index (χ1) is 16.3. The molecule has 0 aliphatic carbocycles. The molecule has 3 rings (SSSR count). The molecule has 0 unspecified atom stereocenters. The number of oxazole rings is 2. The lowest BCUT2D eigenvalue weighted by Crippen LogP contribution is -2.29. The summed E-state index contributed by atoms with van der Waals surface area (Å²) in [5.74, 6) is 0.785. The van der Waals surface area contributed by atoms with Crippen LogP contribution < -0.4 is 0 Å². The number of aromatic nitrogens is 2. The number of cyclic esters (lactones) is 2. The minimum absolute atomic E-state index is 0.0500. The summed E-state index contributed by atoms with van der Waals surface area (Å²) in [7, 11) is 0. The summed E-state index contributed by atoms with van der Waals surface area (Å²) in [6, 6.07) is 0. The molecule has 1 aliphatic heterocycles. The molecule has 0 aromatic carbocycles. The highest BCUT2D eigenvalue weighted by Crippen LogP contribution is 2.24. The topological polar surface area (TPSA) is 105 Å². The molecule has 184 valence electrons. The molecule has 1 aliphatic rings. The van der Waals surface area contributed by atoms with Gasteiger partial charge in [0.1, 0.15) is 23.7 Å². The molecule has 0 fully saturated rings. The van der Waals surface area contributed by atoms with Crippen LogP contribution in [-0.2, 0) is 31.9 Å². The lowest BCUT2D eigenvalue weighted by Gasteiger charge is -2.25. The molecule has 8 nitrogen and oxygen atoms in total. The van der Waals surface area contributed by atoms with Crippen molar-refractivity contribution in [1.29, 1.82) is 0 Å². The second kappa shape index (κ2) is 12.3. The van der Waals surface area contributed by atoms with Gasteiger partial charge in [-0.2, -0.15) is 0 Å². The number of rotatable bonds is 4. The maximum absolute atomic E-state index is 12.8. The molecule has 0 saturated heterocycles. The fourth-order valence-corrected chi connectivity index (χ4v) is 3.93. The van der Waals surface area contributed by atoms with E-state index in [1.54, 1.807) is 26.2 Å². The molecule has 2 aromatic rings. The summed E-state index contributed by atoms with van der Waals surface area (Å²) in [5, 5.41) is 0. The third-order valence-corrected chi connectivity index (χ3v) is 6.35. The van der Waals surface area contributed by atoms with E-state index in [9.17, 15) is 9.59 Å². The maximum Gasteiger partial charge on any atom is 0.333 e. The first-order valence-corrected chi connectivity index (χ1v) is 11.8. The van der Waals surface area contributed by atoms with Gasteiger partial charge in [-0.3, -0.25) is 0 Å². The van der Waals surface area contributed by atoms with Crippen molar-refractivity contribution < 1.29 is 27.9 Å². The van der Waals surface area contributed by atoms with Gasteiger partial charge in [0.2, 0.25) is 0 Å². The van der Waals surface area contributed by atoms with E-state index in [1.165, 1.54) is 12.8 Å². The van der Waals surface area contributed by atoms with Crippen molar-refractivity contribution in [3.8, 4) is 0 Å². The number of esters is 2. The molecule has 0 saturated carbocycles. The van der Waals surface area contributed by atoms with E-state index in [-0.39, 0.29) is 36.0 Å². The van der Waals surface area contributed by atoms with Crippen LogP contribution in [0.15, 0.2) is 57.3 Å². The predicted octanol–water partition coefficient (Wildman–Crippen LogP) is 5.01. The van der Waals surface area contributed by atoms with Gasteiger partial charge < -0.3 is 18.3 Å². The number of carbonyl (C=O) groups excluding carboxylic acids is 2. The molecule has 0 N–H and O–H groups in total. The van der Waals surface area contributed by atoms with Gasteiger partial charge in [-0.25, -0.2) is 19.6 Å². The molecular weight excluding hydrogens is 436 g/mol. The first-order valence-electron chi connectivity index (χ1n) is 11.8. The minimum Gasteiger partial charge on any atom is -0.458 e. The van der Waals surface area contributed by atoms with Gasteiger partial charge >= 0.3 is 11.9 Å². The Kier molecular flexibility index (Phi) is 9.24. The number of carbonyl (C=O) groups is 2. The Balaban J connectivity index is 1.78. The number of ether oxygens (including phenoxy) is 2. The van der Waals surface area contributed by atoms with Gasteiger partial charge in [0.05, 0.1) is 12.4 Å². The molecule has 0 bridgehead atoms. The zero-order chi connectivity index (χ0) is 24.5. The van der Waals surface area contributed by atoms with E-state index in [2.05, 4.69) is 9.97 Å². The van der Waals surface area contributed by atoms with Gasteiger partial charge in [-0.05, 0) is 51.4 Å². The number of hydrogen-bond donors (Lipinski definition) is 0. The Labute approximate surface area is 200 Å². The standard InChI is InChI=1S/C26H34N2O6/c1-17-7-5-9-19(3)26(30)34-24(12-22-14-28-16-32-22)18(2)8-6-10-20(4)25(29)33-23(17)11-21-13-27-15-31-21/h9-10,13-18,23-24H,5-8,11-12H2,1-4H3/t17-,18-,23-,24-/m0/s1. The lowest BCUT2D eigenvalue weighted by molar-refractivity contribution is -0.147. The van der Waals surface area contributed by atoms with Crippen molar-refractivity contribution >= 4 is 11.9 Å². The maximum atomic E-state index is 12.8. The average molecular weight is 471 g/mol. The van der Waals surface area contributed by atoms with Crippen LogP contribution in [-0.4, -0.2) is 34.1 Å². The largest absolute Gasteiger partial charge is 0.458 e. The van der Waals surface area contributed by atoms with Gasteiger partial charge in [-0.1, -0.05) is 26.0 Å². The highest BCUT2D eigenvalue weighted by Gasteiger charge is 2.26. The van der Waals surface area contributed by atoms with Crippen LogP contribution in [0.1, 0.15) is 64.9 Å². The molecule has 3 heterocycles. The third-order valence-electron chi connectivity index (χ3n) is 6.35. The van der Waals surface area contributed by atoms with E-state index < -0.39 is 0 Å². The van der Waals surface area contributed by atoms with Crippen molar-refractivity contribution in [2.24, 2.45) is 11.8 Å². The van der Waals surface area contributed by atoms with Crippen LogP contribution in [0.4, 0.5) is 0 Å². The molecular formula is C26H34N2O6. The van der Waals surface area contributed by atoms with E-state index in [1.807, 2.05) is 26.0 Å². The predicted molar refractivity (Wildman–Crippen MR) is 124 cm³/mol. The van der Waals surface area contributed by atoms with E-state index in [4.69, 9.17) is 18.3 Å². The lowest BCUT2D eigenvalue weighted by atomic mass is 9.94. The minimum atomic E-state index is -0.359. The second-order valence-electron chi connectivity index (χ2n) is 9.11. The summed E-state index contributed by atoms with van der Waals surface area (Å²) in [6.45, 7) is 7.61. The summed E-state index contributed by atoms with van der Waals surface area (Å²) in [4.78, 5) is 33.5. The van der Waals surface area contributed by atoms with Crippen molar-refractivity contribution in [2.75, 3.05) is 0 Å². The highest BCUT2D eigenvalue weighted by atomic mass is 16.5. The molecule has 8 heteroatoms. The average Bonchev–Trinajstić information content (AvgIpc) is 3.51. The van der Waals surface area contributed by atoms with Crippen molar-refractivity contribution in [1.82, 2.24) is 9.97 Å². The fraction of sp³-hybridized carbons (Fsp3) is 0.538. The van der Waals surface area contributed by atoms with Crippen LogP contribution in [0.2, 0.25) is 0 Å². The third kappa shape index (κ3) is 7.43. The van der Waals surface area contributed by atoms with Gasteiger partial charge in [0, 0.05) is 24.0 Å². The van der Waals surface area contributed by atoms with Crippen LogP contribution in [0.3, 0.4) is 0 Å². The van der Waals surface area contributed by atoms with Crippen LogP contribution in [0, 0.1) is 11.8 Å². The monoisotopic (exact) mass is 470 g/mol. The Morgan fingerprint density at radius 1 is 0.765 bits per heavy atom. The van der Waals surface area contributed by atoms with E-state index in [0.29, 0.717) is 48.3 Å². The smallest absolute Gasteiger partial charge is 0.333 e. The SMILES string of the molecule is CC1=CCC[C@H](C)[C@H](Cc2cnco2)OC(=O)C(C)=CCC[C@H](C)[C@H](Cc2cnco2)OC1=O. The summed E-state index contributed by atoms with van der Waals surface area (Å²) < 4.78 is 22.5.